The number of nitrogens with zero attached hydrogens (tertiary/aromatic N) is 1. The van der Waals surface area contributed by atoms with Crippen LogP contribution in [0.3, 0.4) is 0 Å². The van der Waals surface area contributed by atoms with Crippen molar-refractivity contribution in [3.63, 3.8) is 0 Å². The number of carbonyl (C=O) groups excluding carboxylic acids is 1. The average molecular weight is 258 g/mol. The summed E-state index contributed by atoms with van der Waals surface area (Å²) in [4.78, 5) is 15.6. The Labute approximate surface area is 112 Å². The van der Waals surface area contributed by atoms with Gasteiger partial charge >= 0.3 is 0 Å². The van der Waals surface area contributed by atoms with Crippen LogP contribution in [0.4, 0.5) is 0 Å². The molecule has 1 heterocycles. The van der Waals surface area contributed by atoms with Crippen LogP contribution in [-0.2, 0) is 11.2 Å². The van der Waals surface area contributed by atoms with Gasteiger partial charge in [-0.25, -0.2) is 4.98 Å². The molecule has 0 aliphatic heterocycles. The first-order valence-electron chi connectivity index (χ1n) is 6.49. The van der Waals surface area contributed by atoms with Crippen LogP contribution in [0, 0.1) is 6.92 Å². The Balaban J connectivity index is 2.03. The van der Waals surface area contributed by atoms with E-state index in [4.69, 9.17) is 4.42 Å². The molecule has 4 heteroatoms. The second-order valence-corrected chi connectivity index (χ2v) is 4.34. The van der Waals surface area contributed by atoms with Crippen molar-refractivity contribution in [1.29, 1.82) is 0 Å². The van der Waals surface area contributed by atoms with E-state index in [-0.39, 0.29) is 5.91 Å². The molecule has 1 N–H and O–H groups in total. The second-order valence-electron chi connectivity index (χ2n) is 4.34. The first-order chi connectivity index (χ1) is 9.20. The molecule has 100 valence electrons. The van der Waals surface area contributed by atoms with Gasteiger partial charge in [0.2, 0.25) is 11.8 Å². The first kappa shape index (κ1) is 13.3. The predicted octanol–water partition coefficient (Wildman–Crippen LogP) is 2.72. The molecular formula is C15H18N2O2. The van der Waals surface area contributed by atoms with Gasteiger partial charge in [-0.05, 0) is 19.1 Å². The maximum absolute atomic E-state index is 11.2. The molecule has 0 radical (unpaired) electrons. The van der Waals surface area contributed by atoms with Crippen molar-refractivity contribution in [3.8, 4) is 11.5 Å². The summed E-state index contributed by atoms with van der Waals surface area (Å²) in [6.45, 7) is 4.33. The molecule has 1 aromatic carbocycles. The lowest BCUT2D eigenvalue weighted by atomic mass is 10.2. The number of benzene rings is 1. The van der Waals surface area contributed by atoms with Crippen LogP contribution in [0.25, 0.3) is 11.5 Å². The van der Waals surface area contributed by atoms with E-state index >= 15 is 0 Å². The zero-order valence-electron chi connectivity index (χ0n) is 11.3. The number of amides is 1. The summed E-state index contributed by atoms with van der Waals surface area (Å²) in [6, 6.07) is 9.80. The van der Waals surface area contributed by atoms with Gasteiger partial charge in [-0.15, -0.1) is 0 Å². The normalized spacial score (nSPS) is 10.4. The third-order valence-corrected chi connectivity index (χ3v) is 2.92. The highest BCUT2D eigenvalue weighted by Gasteiger charge is 2.10. The van der Waals surface area contributed by atoms with Crippen molar-refractivity contribution in [2.45, 2.75) is 26.7 Å². The summed E-state index contributed by atoms with van der Waals surface area (Å²) in [5, 5.41) is 2.84. The SMILES string of the molecule is CCC(=O)NCCc1nc(-c2ccccc2)oc1C. The van der Waals surface area contributed by atoms with Crippen molar-refractivity contribution < 1.29 is 9.21 Å². The van der Waals surface area contributed by atoms with Crippen LogP contribution in [-0.4, -0.2) is 17.4 Å². The molecular weight excluding hydrogens is 240 g/mol. The molecule has 0 spiro atoms. The van der Waals surface area contributed by atoms with E-state index < -0.39 is 0 Å². The topological polar surface area (TPSA) is 55.1 Å². The summed E-state index contributed by atoms with van der Waals surface area (Å²) in [5.74, 6) is 1.50. The van der Waals surface area contributed by atoms with Gasteiger partial charge in [0, 0.05) is 24.9 Å². The average Bonchev–Trinajstić information content (AvgIpc) is 2.81. The molecule has 0 saturated carbocycles. The summed E-state index contributed by atoms with van der Waals surface area (Å²) in [6.07, 6.45) is 1.20. The van der Waals surface area contributed by atoms with Crippen LogP contribution >= 0.6 is 0 Å². The molecule has 2 aromatic rings. The van der Waals surface area contributed by atoms with E-state index in [9.17, 15) is 4.79 Å². The molecule has 2 rings (SSSR count). The lowest BCUT2D eigenvalue weighted by Crippen LogP contribution is -2.24. The highest BCUT2D eigenvalue weighted by molar-refractivity contribution is 5.75. The summed E-state index contributed by atoms with van der Waals surface area (Å²) in [5.41, 5.74) is 1.87. The molecule has 0 saturated heterocycles. The zero-order chi connectivity index (χ0) is 13.7. The van der Waals surface area contributed by atoms with Gasteiger partial charge < -0.3 is 9.73 Å². The molecule has 0 atom stereocenters. The fourth-order valence-electron chi connectivity index (χ4n) is 1.81. The van der Waals surface area contributed by atoms with Crippen LogP contribution in [0.2, 0.25) is 0 Å². The van der Waals surface area contributed by atoms with Gasteiger partial charge in [-0.3, -0.25) is 4.79 Å². The van der Waals surface area contributed by atoms with Crippen LogP contribution in [0.15, 0.2) is 34.7 Å². The van der Waals surface area contributed by atoms with Gasteiger partial charge in [-0.1, -0.05) is 25.1 Å². The minimum atomic E-state index is 0.0597. The second kappa shape index (κ2) is 6.18. The molecule has 0 unspecified atom stereocenters. The van der Waals surface area contributed by atoms with Gasteiger partial charge in [0.1, 0.15) is 5.76 Å². The fourth-order valence-corrected chi connectivity index (χ4v) is 1.81. The Morgan fingerprint density at radius 3 is 2.74 bits per heavy atom. The molecule has 0 aliphatic carbocycles. The van der Waals surface area contributed by atoms with Crippen molar-refractivity contribution in [3.05, 3.63) is 41.8 Å². The van der Waals surface area contributed by atoms with Gasteiger partial charge in [0.05, 0.1) is 5.69 Å². The number of oxazole rings is 1. The van der Waals surface area contributed by atoms with Gasteiger partial charge in [-0.2, -0.15) is 0 Å². The van der Waals surface area contributed by atoms with Crippen LogP contribution < -0.4 is 5.32 Å². The van der Waals surface area contributed by atoms with Gasteiger partial charge in [0.25, 0.3) is 0 Å². The highest BCUT2D eigenvalue weighted by atomic mass is 16.4. The van der Waals surface area contributed by atoms with E-state index in [1.807, 2.05) is 44.2 Å². The molecule has 0 aliphatic rings. The van der Waals surface area contributed by atoms with E-state index in [2.05, 4.69) is 10.3 Å². The highest BCUT2D eigenvalue weighted by Crippen LogP contribution is 2.21. The minimum absolute atomic E-state index is 0.0597. The largest absolute Gasteiger partial charge is 0.441 e. The van der Waals surface area contributed by atoms with E-state index in [1.54, 1.807) is 0 Å². The summed E-state index contributed by atoms with van der Waals surface area (Å²) >= 11 is 0. The number of aromatic nitrogens is 1. The Morgan fingerprint density at radius 1 is 1.32 bits per heavy atom. The summed E-state index contributed by atoms with van der Waals surface area (Å²) < 4.78 is 5.66. The Kier molecular flexibility index (Phi) is 4.34. The third kappa shape index (κ3) is 3.44. The molecule has 1 amide bonds. The number of nitrogens with one attached hydrogen (secondary N) is 1. The number of carbonyl (C=O) groups is 1. The van der Waals surface area contributed by atoms with Crippen molar-refractivity contribution in [1.82, 2.24) is 10.3 Å². The summed E-state index contributed by atoms with van der Waals surface area (Å²) in [7, 11) is 0. The maximum Gasteiger partial charge on any atom is 0.226 e. The molecule has 4 nitrogen and oxygen atoms in total. The Bertz CT molecular complexity index is 547. The Hall–Kier alpha value is -2.10. The van der Waals surface area contributed by atoms with Crippen molar-refractivity contribution in [2.75, 3.05) is 6.54 Å². The van der Waals surface area contributed by atoms with Crippen molar-refractivity contribution in [2.24, 2.45) is 0 Å². The lowest BCUT2D eigenvalue weighted by molar-refractivity contribution is -0.120. The first-order valence-corrected chi connectivity index (χ1v) is 6.49. The molecule has 0 fully saturated rings. The fraction of sp³-hybridized carbons (Fsp3) is 0.333. The molecule has 1 aromatic heterocycles. The number of hydrogen-bond donors (Lipinski definition) is 1. The zero-order valence-corrected chi connectivity index (χ0v) is 11.3. The third-order valence-electron chi connectivity index (χ3n) is 2.92. The minimum Gasteiger partial charge on any atom is -0.441 e. The molecule has 0 bridgehead atoms. The number of rotatable bonds is 5. The monoisotopic (exact) mass is 258 g/mol. The lowest BCUT2D eigenvalue weighted by Gasteiger charge is -2.00. The van der Waals surface area contributed by atoms with E-state index in [0.29, 0.717) is 25.3 Å². The smallest absolute Gasteiger partial charge is 0.226 e. The number of hydrogen-bond acceptors (Lipinski definition) is 3. The van der Waals surface area contributed by atoms with E-state index in [1.165, 1.54) is 0 Å². The standard InChI is InChI=1S/C15H18N2O2/c1-3-14(18)16-10-9-13-11(2)19-15(17-13)12-7-5-4-6-8-12/h4-8H,3,9-10H2,1-2H3,(H,16,18). The van der Waals surface area contributed by atoms with Crippen LogP contribution in [0.1, 0.15) is 24.8 Å². The predicted molar refractivity (Wildman–Crippen MR) is 73.7 cm³/mol. The van der Waals surface area contributed by atoms with Gasteiger partial charge in [0.15, 0.2) is 0 Å². The number of aryl methyl sites for hydroxylation is 1. The van der Waals surface area contributed by atoms with E-state index in [0.717, 1.165) is 17.0 Å². The van der Waals surface area contributed by atoms with Crippen LogP contribution in [0.5, 0.6) is 0 Å². The Morgan fingerprint density at radius 2 is 2.05 bits per heavy atom. The molecule has 19 heavy (non-hydrogen) atoms. The quantitative estimate of drug-likeness (QED) is 0.897. The van der Waals surface area contributed by atoms with Crippen molar-refractivity contribution >= 4 is 5.91 Å². The maximum atomic E-state index is 11.2.